The number of carbonyl (C=O) groups excluding carboxylic acids is 6. The van der Waals surface area contributed by atoms with Gasteiger partial charge in [-0.25, -0.2) is 9.38 Å². The second-order valence-electron chi connectivity index (χ2n) is 16.0. The van der Waals surface area contributed by atoms with Gasteiger partial charge in [-0.05, 0) is 83.3 Å². The van der Waals surface area contributed by atoms with E-state index in [9.17, 15) is 33.2 Å². The van der Waals surface area contributed by atoms with Gasteiger partial charge in [0.05, 0.1) is 5.69 Å². The number of nitrogens with zero attached hydrogens (tertiary/aromatic N) is 3. The zero-order valence-electron chi connectivity index (χ0n) is 37.2. The molecule has 4 atom stereocenters. The van der Waals surface area contributed by atoms with Crippen molar-refractivity contribution in [2.45, 2.75) is 77.0 Å². The average molecular weight is 904 g/mol. The Kier molecular flexibility index (Phi) is 19.1. The lowest BCUT2D eigenvalue weighted by Crippen LogP contribution is -2.59. The smallest absolute Gasteiger partial charge is 0.253 e. The monoisotopic (exact) mass is 903 g/mol. The molecule has 18 heteroatoms. The third kappa shape index (κ3) is 16.3. The van der Waals surface area contributed by atoms with Crippen LogP contribution in [0.2, 0.25) is 0 Å². The molecule has 0 spiro atoms. The molecule has 4 unspecified atom stereocenters. The van der Waals surface area contributed by atoms with Gasteiger partial charge in [-0.3, -0.25) is 38.7 Å². The molecule has 4 aromatic rings. The molecule has 4 aromatic carbocycles. The van der Waals surface area contributed by atoms with Crippen molar-refractivity contribution in [1.29, 1.82) is 0 Å². The highest BCUT2D eigenvalue weighted by Gasteiger charge is 2.36. The Morgan fingerprint density at radius 1 is 0.667 bits per heavy atom. The molecule has 13 N–H and O–H groups in total. The van der Waals surface area contributed by atoms with E-state index in [4.69, 9.17) is 28.7 Å². The summed E-state index contributed by atoms with van der Waals surface area (Å²) >= 11 is 0. The predicted octanol–water partition coefficient (Wildman–Crippen LogP) is 2.68. The van der Waals surface area contributed by atoms with Crippen LogP contribution in [0.1, 0.15) is 56.7 Å². The standard InChI is InChI=1S/C48H58FN11O6/c1-29(2)26-39(44(64)57-38(43(50)63)10-7-25-55-47(51)52)58-45(65)40(27-32-15-22-37(23-16-32)56-48(53)54)59-46(66)41(28-33-13-20-36(49)21-14-33)60(30(3)61)42(62)24-17-31-11-18-35(19-12-31)34-8-5-4-6-9-34/h4-6,8-9,11-24,29,38-41H,7,10,25-28H2,1-3H3,(H2,50,63)(H,57,64)(H,58,65)(H,59,66)(H4,51,52,55)(H4,53,54,56)/b24-17+. The first-order valence-corrected chi connectivity index (χ1v) is 21.3. The largest absolute Gasteiger partial charge is 0.370 e. The second kappa shape index (κ2) is 24.8. The third-order valence-corrected chi connectivity index (χ3v) is 10.2. The molecule has 0 aliphatic rings. The maximum Gasteiger partial charge on any atom is 0.253 e. The summed E-state index contributed by atoms with van der Waals surface area (Å²) < 4.78 is 14.0. The summed E-state index contributed by atoms with van der Waals surface area (Å²) in [5.74, 6) is -5.85. The number of hydrogen-bond acceptors (Lipinski definition) is 8. The summed E-state index contributed by atoms with van der Waals surface area (Å²) in [4.78, 5) is 91.3. The minimum atomic E-state index is -1.55. The Bertz CT molecular complexity index is 2380. The van der Waals surface area contributed by atoms with Crippen molar-refractivity contribution in [1.82, 2.24) is 20.9 Å². The van der Waals surface area contributed by atoms with Crippen molar-refractivity contribution in [3.63, 3.8) is 0 Å². The highest BCUT2D eigenvalue weighted by Crippen LogP contribution is 2.21. The molecule has 66 heavy (non-hydrogen) atoms. The first-order chi connectivity index (χ1) is 31.4. The quantitative estimate of drug-likeness (QED) is 0.0247. The maximum absolute atomic E-state index is 14.6. The normalized spacial score (nSPS) is 12.8. The summed E-state index contributed by atoms with van der Waals surface area (Å²) in [6.45, 7) is 4.96. The summed E-state index contributed by atoms with van der Waals surface area (Å²) in [6, 6.07) is 23.4. The van der Waals surface area contributed by atoms with Gasteiger partial charge in [0.15, 0.2) is 11.9 Å². The van der Waals surface area contributed by atoms with Gasteiger partial charge >= 0.3 is 0 Å². The van der Waals surface area contributed by atoms with Crippen molar-refractivity contribution in [3.05, 3.63) is 132 Å². The number of guanidine groups is 2. The van der Waals surface area contributed by atoms with E-state index in [1.54, 1.807) is 36.4 Å². The van der Waals surface area contributed by atoms with Crippen molar-refractivity contribution < 1.29 is 33.2 Å². The number of primary amides is 1. The number of amides is 6. The Balaban J connectivity index is 1.68. The van der Waals surface area contributed by atoms with Gasteiger partial charge in [0.2, 0.25) is 29.5 Å². The lowest BCUT2D eigenvalue weighted by molar-refractivity contribution is -0.148. The van der Waals surface area contributed by atoms with Crippen LogP contribution >= 0.6 is 0 Å². The van der Waals surface area contributed by atoms with Crippen LogP contribution in [-0.2, 0) is 41.6 Å². The fraction of sp³-hybridized carbons (Fsp3) is 0.292. The second-order valence-corrected chi connectivity index (χ2v) is 16.0. The third-order valence-electron chi connectivity index (χ3n) is 10.2. The molecule has 0 aromatic heterocycles. The van der Waals surface area contributed by atoms with Crippen molar-refractivity contribution in [2.24, 2.45) is 44.6 Å². The summed E-state index contributed by atoms with van der Waals surface area (Å²) in [6.07, 6.45) is 2.79. The maximum atomic E-state index is 14.6. The number of carbonyl (C=O) groups is 6. The van der Waals surface area contributed by atoms with Gasteiger partial charge in [-0.2, -0.15) is 0 Å². The highest BCUT2D eigenvalue weighted by molar-refractivity contribution is 6.06. The van der Waals surface area contributed by atoms with Gasteiger partial charge in [-0.15, -0.1) is 0 Å². The lowest BCUT2D eigenvalue weighted by Gasteiger charge is -2.30. The molecule has 348 valence electrons. The van der Waals surface area contributed by atoms with E-state index in [-0.39, 0.29) is 50.1 Å². The van der Waals surface area contributed by atoms with Gasteiger partial charge in [-0.1, -0.05) is 92.7 Å². The van der Waals surface area contributed by atoms with Crippen LogP contribution in [0.4, 0.5) is 10.1 Å². The van der Waals surface area contributed by atoms with Crippen molar-refractivity contribution in [3.8, 4) is 11.1 Å². The van der Waals surface area contributed by atoms with Crippen LogP contribution in [0.15, 0.2) is 119 Å². The number of aliphatic imine (C=N–C) groups is 2. The number of benzene rings is 4. The number of nitrogens with two attached hydrogens (primary N) is 5. The zero-order chi connectivity index (χ0) is 48.3. The fourth-order valence-electron chi connectivity index (χ4n) is 6.94. The number of rotatable bonds is 22. The van der Waals surface area contributed by atoms with E-state index in [0.717, 1.165) is 23.0 Å². The number of imide groups is 1. The lowest BCUT2D eigenvalue weighted by atomic mass is 9.99. The first-order valence-electron chi connectivity index (χ1n) is 21.3. The molecule has 0 aliphatic heterocycles. The SMILES string of the molecule is CC(=O)N(C(=O)/C=C/c1ccc(-c2ccccc2)cc1)C(Cc1ccc(F)cc1)C(=O)NC(Cc1ccc(N=C(N)N)cc1)C(=O)NC(CC(C)C)C(=O)NC(CCCN=C(N)N)C(N)=O. The molecular weight excluding hydrogens is 846 g/mol. The fourth-order valence-corrected chi connectivity index (χ4v) is 6.94. The van der Waals surface area contributed by atoms with Crippen LogP contribution in [0.3, 0.4) is 0 Å². The van der Waals surface area contributed by atoms with Crippen LogP contribution in [0.5, 0.6) is 0 Å². The van der Waals surface area contributed by atoms with Gasteiger partial charge < -0.3 is 44.6 Å². The predicted molar refractivity (Wildman–Crippen MR) is 252 cm³/mol. The molecule has 17 nitrogen and oxygen atoms in total. The zero-order valence-corrected chi connectivity index (χ0v) is 37.2. The average Bonchev–Trinajstić information content (AvgIpc) is 3.27. The number of hydrogen-bond donors (Lipinski definition) is 8. The van der Waals surface area contributed by atoms with E-state index < -0.39 is 65.4 Å². The molecular formula is C48H58FN11O6. The Morgan fingerprint density at radius 3 is 1.80 bits per heavy atom. The molecule has 0 radical (unpaired) electrons. The first kappa shape index (κ1) is 50.8. The molecule has 0 heterocycles. The van der Waals surface area contributed by atoms with E-state index >= 15 is 0 Å². The molecule has 0 fully saturated rings. The van der Waals surface area contributed by atoms with E-state index in [2.05, 4.69) is 25.9 Å². The van der Waals surface area contributed by atoms with Crippen LogP contribution in [0, 0.1) is 11.7 Å². The molecule has 0 bridgehead atoms. The summed E-state index contributed by atoms with van der Waals surface area (Å²) in [5, 5.41) is 8.08. The molecule has 0 saturated heterocycles. The van der Waals surface area contributed by atoms with Gasteiger partial charge in [0.1, 0.15) is 30.0 Å². The molecule has 6 amide bonds. The minimum Gasteiger partial charge on any atom is -0.370 e. The van der Waals surface area contributed by atoms with Crippen LogP contribution < -0.4 is 44.6 Å². The Labute approximate surface area is 383 Å². The van der Waals surface area contributed by atoms with E-state index in [1.807, 2.05) is 56.3 Å². The number of nitrogens with one attached hydrogen (secondary N) is 3. The topological polar surface area (TPSA) is 297 Å². The van der Waals surface area contributed by atoms with E-state index in [0.29, 0.717) is 28.8 Å². The number of halogens is 1. The highest BCUT2D eigenvalue weighted by atomic mass is 19.1. The summed E-state index contributed by atoms with van der Waals surface area (Å²) in [5.41, 5.74) is 31.4. The van der Waals surface area contributed by atoms with Crippen molar-refractivity contribution in [2.75, 3.05) is 6.54 Å². The molecule has 0 aliphatic carbocycles. The Morgan fingerprint density at radius 2 is 1.23 bits per heavy atom. The Hall–Kier alpha value is -7.89. The molecule has 0 saturated carbocycles. The van der Waals surface area contributed by atoms with E-state index in [1.165, 1.54) is 36.4 Å². The van der Waals surface area contributed by atoms with Gasteiger partial charge in [0.25, 0.3) is 5.91 Å². The van der Waals surface area contributed by atoms with Crippen molar-refractivity contribution >= 4 is 59.1 Å². The molecule has 4 rings (SSSR count). The summed E-state index contributed by atoms with van der Waals surface area (Å²) in [7, 11) is 0. The van der Waals surface area contributed by atoms with Gasteiger partial charge in [0, 0.05) is 32.4 Å². The minimum absolute atomic E-state index is 0.102. The van der Waals surface area contributed by atoms with Crippen LogP contribution in [-0.4, -0.2) is 83.0 Å². The van der Waals surface area contributed by atoms with Crippen LogP contribution in [0.25, 0.3) is 17.2 Å².